The van der Waals surface area contributed by atoms with E-state index in [1.54, 1.807) is 23.1 Å². The van der Waals surface area contributed by atoms with Gasteiger partial charge in [0.25, 0.3) is 5.91 Å². The summed E-state index contributed by atoms with van der Waals surface area (Å²) in [5.74, 6) is -0.601. The molecule has 0 saturated carbocycles. The number of rotatable bonds is 4. The molecule has 4 rings (SSSR count). The first-order valence-corrected chi connectivity index (χ1v) is 11.0. The summed E-state index contributed by atoms with van der Waals surface area (Å²) < 4.78 is 37.7. The molecule has 0 aliphatic carbocycles. The lowest BCUT2D eigenvalue weighted by Gasteiger charge is -2.29. The fourth-order valence-corrected chi connectivity index (χ4v) is 5.52. The summed E-state index contributed by atoms with van der Waals surface area (Å²) in [6.45, 7) is 0.167. The summed E-state index contributed by atoms with van der Waals surface area (Å²) in [6, 6.07) is 18.8. The van der Waals surface area contributed by atoms with E-state index in [2.05, 4.69) is 0 Å². The minimum absolute atomic E-state index is 0.0567. The number of hydrogen-bond donors (Lipinski definition) is 0. The highest BCUT2D eigenvalue weighted by molar-refractivity contribution is 7.91. The number of halogens is 1. The van der Waals surface area contributed by atoms with Gasteiger partial charge in [0, 0.05) is 18.2 Å². The molecule has 3 aromatic carbocycles. The van der Waals surface area contributed by atoms with Crippen LogP contribution in [0.1, 0.15) is 22.3 Å². The Labute approximate surface area is 163 Å². The number of sulfone groups is 1. The van der Waals surface area contributed by atoms with E-state index in [9.17, 15) is 17.6 Å². The van der Waals surface area contributed by atoms with Gasteiger partial charge in [0.2, 0.25) is 0 Å². The highest BCUT2D eigenvalue weighted by Crippen LogP contribution is 2.26. The lowest BCUT2D eigenvalue weighted by atomic mass is 10.0. The molecular formula is C22H20FNO3S. The molecule has 6 heteroatoms. The van der Waals surface area contributed by atoms with Gasteiger partial charge in [-0.05, 0) is 41.0 Å². The van der Waals surface area contributed by atoms with Gasteiger partial charge >= 0.3 is 0 Å². The molecule has 1 saturated heterocycles. The van der Waals surface area contributed by atoms with Crippen molar-refractivity contribution in [3.63, 3.8) is 0 Å². The molecule has 3 aromatic rings. The number of fused-ring (bicyclic) bond motifs is 1. The molecular weight excluding hydrogens is 377 g/mol. The lowest BCUT2D eigenvalue weighted by molar-refractivity contribution is 0.0683. The maximum atomic E-state index is 13.7. The minimum Gasteiger partial charge on any atom is -0.330 e. The third-order valence-electron chi connectivity index (χ3n) is 5.17. The molecule has 0 aromatic heterocycles. The predicted octanol–water partition coefficient (Wildman–Crippen LogP) is 3.81. The molecule has 4 nitrogen and oxygen atoms in total. The third-order valence-corrected chi connectivity index (χ3v) is 6.92. The Balaban J connectivity index is 1.74. The van der Waals surface area contributed by atoms with Crippen LogP contribution in [0.3, 0.4) is 0 Å². The molecule has 0 radical (unpaired) electrons. The van der Waals surface area contributed by atoms with Gasteiger partial charge in [0.05, 0.1) is 11.5 Å². The maximum Gasteiger partial charge on any atom is 0.255 e. The Morgan fingerprint density at radius 3 is 2.54 bits per heavy atom. The summed E-state index contributed by atoms with van der Waals surface area (Å²) >= 11 is 0. The van der Waals surface area contributed by atoms with Crippen LogP contribution >= 0.6 is 0 Å². The van der Waals surface area contributed by atoms with Gasteiger partial charge in [0.15, 0.2) is 9.84 Å². The molecule has 1 aliphatic rings. The molecule has 1 heterocycles. The van der Waals surface area contributed by atoms with E-state index in [0.29, 0.717) is 17.5 Å². The van der Waals surface area contributed by atoms with E-state index in [0.717, 1.165) is 10.8 Å². The summed E-state index contributed by atoms with van der Waals surface area (Å²) in [7, 11) is -3.17. The Hall–Kier alpha value is -2.73. The third kappa shape index (κ3) is 3.78. The summed E-state index contributed by atoms with van der Waals surface area (Å²) in [5.41, 5.74) is 1.16. The fourth-order valence-electron chi connectivity index (χ4n) is 3.79. The summed E-state index contributed by atoms with van der Waals surface area (Å²) in [5, 5.41) is 1.76. The monoisotopic (exact) mass is 397 g/mol. The van der Waals surface area contributed by atoms with Crippen molar-refractivity contribution >= 4 is 26.5 Å². The fraction of sp³-hybridized carbons (Fsp3) is 0.227. The molecule has 1 fully saturated rings. The zero-order valence-corrected chi connectivity index (χ0v) is 16.0. The predicted molar refractivity (Wildman–Crippen MR) is 107 cm³/mol. The highest BCUT2D eigenvalue weighted by atomic mass is 32.2. The molecule has 0 unspecified atom stereocenters. The summed E-state index contributed by atoms with van der Waals surface area (Å²) in [4.78, 5) is 15.1. The zero-order chi connectivity index (χ0) is 19.7. The van der Waals surface area contributed by atoms with Crippen molar-refractivity contribution in [2.75, 3.05) is 11.5 Å². The van der Waals surface area contributed by atoms with Crippen LogP contribution in [0.2, 0.25) is 0 Å². The Morgan fingerprint density at radius 2 is 1.79 bits per heavy atom. The van der Waals surface area contributed by atoms with Crippen LogP contribution in [0.4, 0.5) is 4.39 Å². The molecule has 1 atom stereocenters. The first kappa shape index (κ1) is 18.6. The van der Waals surface area contributed by atoms with E-state index >= 15 is 0 Å². The van der Waals surface area contributed by atoms with Crippen molar-refractivity contribution in [3.8, 4) is 0 Å². The number of carbonyl (C=O) groups is 1. The van der Waals surface area contributed by atoms with Gasteiger partial charge in [-0.25, -0.2) is 12.8 Å². The topological polar surface area (TPSA) is 54.5 Å². The zero-order valence-electron chi connectivity index (χ0n) is 15.2. The average molecular weight is 397 g/mol. The lowest BCUT2D eigenvalue weighted by Crippen LogP contribution is -2.40. The number of nitrogens with zero attached hydrogens (tertiary/aromatic N) is 1. The van der Waals surface area contributed by atoms with Gasteiger partial charge in [-0.15, -0.1) is 0 Å². The quantitative estimate of drug-likeness (QED) is 0.673. The van der Waals surface area contributed by atoms with Crippen LogP contribution in [0, 0.1) is 5.82 Å². The van der Waals surface area contributed by atoms with Crippen LogP contribution < -0.4 is 0 Å². The number of hydrogen-bond acceptors (Lipinski definition) is 3. The molecule has 1 aliphatic heterocycles. The largest absolute Gasteiger partial charge is 0.330 e. The molecule has 0 spiro atoms. The van der Waals surface area contributed by atoms with Crippen LogP contribution in [0.5, 0.6) is 0 Å². The van der Waals surface area contributed by atoms with Crippen LogP contribution in [-0.2, 0) is 16.4 Å². The second-order valence-electron chi connectivity index (χ2n) is 7.15. The molecule has 28 heavy (non-hydrogen) atoms. The first-order chi connectivity index (χ1) is 13.4. The van der Waals surface area contributed by atoms with Crippen molar-refractivity contribution in [1.29, 1.82) is 0 Å². The van der Waals surface area contributed by atoms with Crippen LogP contribution in [0.15, 0.2) is 66.7 Å². The van der Waals surface area contributed by atoms with Crippen molar-refractivity contribution < 1.29 is 17.6 Å². The number of benzene rings is 3. The van der Waals surface area contributed by atoms with Crippen LogP contribution in [0.25, 0.3) is 10.8 Å². The van der Waals surface area contributed by atoms with Crippen LogP contribution in [-0.4, -0.2) is 36.8 Å². The van der Waals surface area contributed by atoms with E-state index in [1.807, 2.05) is 36.4 Å². The van der Waals surface area contributed by atoms with Crippen molar-refractivity contribution in [3.05, 3.63) is 83.7 Å². The van der Waals surface area contributed by atoms with E-state index in [4.69, 9.17) is 0 Å². The second-order valence-corrected chi connectivity index (χ2v) is 9.38. The SMILES string of the molecule is O=C(c1cccc2ccccc12)N(Cc1cccc(F)c1)[C@@H]1CCS(=O)(=O)C1. The van der Waals surface area contributed by atoms with E-state index < -0.39 is 15.9 Å². The van der Waals surface area contributed by atoms with E-state index in [-0.39, 0.29) is 29.8 Å². The summed E-state index contributed by atoms with van der Waals surface area (Å²) in [6.07, 6.45) is 0.397. The first-order valence-electron chi connectivity index (χ1n) is 9.16. The normalized spacial score (nSPS) is 18.2. The molecule has 0 N–H and O–H groups in total. The standard InChI is InChI=1S/C22H20FNO3S/c23-18-8-3-5-16(13-18)14-24(19-11-12-28(26,27)15-19)22(25)21-10-4-7-17-6-1-2-9-20(17)21/h1-10,13,19H,11-12,14-15H2/t19-/m1/s1. The maximum absolute atomic E-state index is 13.7. The number of carbonyl (C=O) groups excluding carboxylic acids is 1. The number of amides is 1. The average Bonchev–Trinajstić information content (AvgIpc) is 3.04. The molecule has 144 valence electrons. The Morgan fingerprint density at radius 1 is 1.04 bits per heavy atom. The van der Waals surface area contributed by atoms with Crippen molar-refractivity contribution in [2.24, 2.45) is 0 Å². The molecule has 1 amide bonds. The Bertz CT molecular complexity index is 1140. The second kappa shape index (κ2) is 7.36. The van der Waals surface area contributed by atoms with Gasteiger partial charge in [-0.3, -0.25) is 4.79 Å². The van der Waals surface area contributed by atoms with Gasteiger partial charge < -0.3 is 4.90 Å². The minimum atomic E-state index is -3.17. The highest BCUT2D eigenvalue weighted by Gasteiger charge is 2.35. The van der Waals surface area contributed by atoms with Crippen molar-refractivity contribution in [1.82, 2.24) is 4.90 Å². The van der Waals surface area contributed by atoms with Crippen molar-refractivity contribution in [2.45, 2.75) is 19.0 Å². The van der Waals surface area contributed by atoms with Gasteiger partial charge in [-0.2, -0.15) is 0 Å². The van der Waals surface area contributed by atoms with Gasteiger partial charge in [-0.1, -0.05) is 48.5 Å². The Kier molecular flexibility index (Phi) is 4.89. The van der Waals surface area contributed by atoms with Gasteiger partial charge in [0.1, 0.15) is 5.82 Å². The van der Waals surface area contributed by atoms with E-state index in [1.165, 1.54) is 12.1 Å². The smallest absolute Gasteiger partial charge is 0.255 e. The molecule has 0 bridgehead atoms.